The summed E-state index contributed by atoms with van der Waals surface area (Å²) >= 11 is 0. The molecule has 0 bridgehead atoms. The number of nitrogens with two attached hydrogens (primary N) is 1. The molecule has 1 fully saturated rings. The van der Waals surface area contributed by atoms with Crippen LogP contribution in [0.25, 0.3) is 10.8 Å². The fourth-order valence-electron chi connectivity index (χ4n) is 2.71. The van der Waals surface area contributed by atoms with E-state index >= 15 is 0 Å². The SMILES string of the molecule is NCC(F)(F)CNC(=O)C1CC1c1ccc2ccccc2c1. The molecular weight excluding hydrogens is 286 g/mol. The molecule has 3 nitrogen and oxygen atoms in total. The van der Waals surface area contributed by atoms with Gasteiger partial charge in [0.05, 0.1) is 13.1 Å². The molecule has 1 saturated carbocycles. The molecule has 3 N–H and O–H groups in total. The third kappa shape index (κ3) is 3.09. The predicted molar refractivity (Wildman–Crippen MR) is 81.8 cm³/mol. The number of amides is 1. The Morgan fingerprint density at radius 3 is 2.68 bits per heavy atom. The van der Waals surface area contributed by atoms with Crippen molar-refractivity contribution in [1.82, 2.24) is 5.32 Å². The summed E-state index contributed by atoms with van der Waals surface area (Å²) in [5.41, 5.74) is 6.04. The molecule has 3 rings (SSSR count). The third-order valence-electron chi connectivity index (χ3n) is 4.15. The van der Waals surface area contributed by atoms with Crippen molar-refractivity contribution in [2.24, 2.45) is 11.7 Å². The number of benzene rings is 2. The van der Waals surface area contributed by atoms with Gasteiger partial charge in [-0.15, -0.1) is 0 Å². The lowest BCUT2D eigenvalue weighted by molar-refractivity contribution is -0.124. The van der Waals surface area contributed by atoms with Crippen LogP contribution < -0.4 is 11.1 Å². The molecule has 1 aliphatic carbocycles. The smallest absolute Gasteiger partial charge is 0.277 e. The van der Waals surface area contributed by atoms with Gasteiger partial charge in [0.1, 0.15) is 0 Å². The molecule has 1 aliphatic rings. The summed E-state index contributed by atoms with van der Waals surface area (Å²) in [6.45, 7) is -1.45. The van der Waals surface area contributed by atoms with Crippen LogP contribution in [0, 0.1) is 5.92 Å². The number of carbonyl (C=O) groups is 1. The van der Waals surface area contributed by atoms with Crippen LogP contribution in [0.4, 0.5) is 8.78 Å². The van der Waals surface area contributed by atoms with Crippen molar-refractivity contribution < 1.29 is 13.6 Å². The van der Waals surface area contributed by atoms with Crippen LogP contribution in [0.3, 0.4) is 0 Å². The van der Waals surface area contributed by atoms with E-state index in [1.165, 1.54) is 0 Å². The van der Waals surface area contributed by atoms with Gasteiger partial charge in [0.2, 0.25) is 5.91 Å². The summed E-state index contributed by atoms with van der Waals surface area (Å²) in [6, 6.07) is 14.1. The van der Waals surface area contributed by atoms with Gasteiger partial charge in [0.25, 0.3) is 5.92 Å². The average molecular weight is 304 g/mol. The van der Waals surface area contributed by atoms with Gasteiger partial charge < -0.3 is 11.1 Å². The number of hydrogen-bond acceptors (Lipinski definition) is 2. The quantitative estimate of drug-likeness (QED) is 0.892. The topological polar surface area (TPSA) is 55.1 Å². The maximum Gasteiger partial charge on any atom is 0.277 e. The first-order valence-electron chi connectivity index (χ1n) is 7.34. The van der Waals surface area contributed by atoms with Crippen LogP contribution in [0.1, 0.15) is 17.9 Å². The molecule has 0 spiro atoms. The number of alkyl halides is 2. The van der Waals surface area contributed by atoms with E-state index in [0.717, 1.165) is 16.3 Å². The summed E-state index contributed by atoms with van der Waals surface area (Å²) in [7, 11) is 0. The van der Waals surface area contributed by atoms with Crippen LogP contribution >= 0.6 is 0 Å². The minimum absolute atomic E-state index is 0.121. The lowest BCUT2D eigenvalue weighted by Gasteiger charge is -2.14. The van der Waals surface area contributed by atoms with Crippen molar-refractivity contribution in [2.75, 3.05) is 13.1 Å². The number of hydrogen-bond donors (Lipinski definition) is 2. The van der Waals surface area contributed by atoms with Crippen molar-refractivity contribution >= 4 is 16.7 Å². The van der Waals surface area contributed by atoms with Crippen LogP contribution in [0.15, 0.2) is 42.5 Å². The van der Waals surface area contributed by atoms with Crippen molar-refractivity contribution in [1.29, 1.82) is 0 Å². The van der Waals surface area contributed by atoms with Crippen molar-refractivity contribution in [3.8, 4) is 0 Å². The Morgan fingerprint density at radius 2 is 1.95 bits per heavy atom. The molecule has 22 heavy (non-hydrogen) atoms. The minimum Gasteiger partial charge on any atom is -0.350 e. The average Bonchev–Trinajstić information content (AvgIpc) is 3.33. The van der Waals surface area contributed by atoms with Crippen molar-refractivity contribution in [2.45, 2.75) is 18.3 Å². The second-order valence-corrected chi connectivity index (χ2v) is 5.83. The molecule has 1 amide bonds. The fourth-order valence-corrected chi connectivity index (χ4v) is 2.71. The van der Waals surface area contributed by atoms with Gasteiger partial charge in [-0.25, -0.2) is 8.78 Å². The van der Waals surface area contributed by atoms with E-state index in [1.54, 1.807) is 0 Å². The van der Waals surface area contributed by atoms with Gasteiger partial charge in [0.15, 0.2) is 0 Å². The Labute approximate surface area is 127 Å². The van der Waals surface area contributed by atoms with Crippen LogP contribution in [0.2, 0.25) is 0 Å². The van der Waals surface area contributed by atoms with E-state index in [-0.39, 0.29) is 17.7 Å². The Morgan fingerprint density at radius 1 is 1.23 bits per heavy atom. The largest absolute Gasteiger partial charge is 0.350 e. The summed E-state index contributed by atoms with van der Waals surface area (Å²) < 4.78 is 26.1. The number of fused-ring (bicyclic) bond motifs is 1. The molecule has 2 aromatic rings. The van der Waals surface area contributed by atoms with Gasteiger partial charge in [-0.2, -0.15) is 0 Å². The van der Waals surface area contributed by atoms with E-state index in [2.05, 4.69) is 11.4 Å². The number of nitrogens with one attached hydrogen (secondary N) is 1. The minimum atomic E-state index is -3.04. The second-order valence-electron chi connectivity index (χ2n) is 5.83. The highest BCUT2D eigenvalue weighted by Gasteiger charge is 2.44. The number of halogens is 2. The molecule has 5 heteroatoms. The zero-order chi connectivity index (χ0) is 15.7. The third-order valence-corrected chi connectivity index (χ3v) is 4.15. The van der Waals surface area contributed by atoms with Gasteiger partial charge in [0, 0.05) is 5.92 Å². The standard InChI is InChI=1S/C17H18F2N2O/c18-17(19,9-20)10-21-16(22)15-8-14(15)13-6-5-11-3-1-2-4-12(11)7-13/h1-7,14-15H,8-10,20H2,(H,21,22). The maximum atomic E-state index is 13.1. The zero-order valence-electron chi connectivity index (χ0n) is 12.1. The Kier molecular flexibility index (Phi) is 3.83. The van der Waals surface area contributed by atoms with Gasteiger partial charge in [-0.3, -0.25) is 4.79 Å². The predicted octanol–water partition coefficient (Wildman–Crippen LogP) is 2.65. The lowest BCUT2D eigenvalue weighted by atomic mass is 10.0. The molecule has 0 radical (unpaired) electrons. The first-order valence-corrected chi connectivity index (χ1v) is 7.34. The Hall–Kier alpha value is -2.01. The highest BCUT2D eigenvalue weighted by Crippen LogP contribution is 2.48. The number of rotatable bonds is 5. The summed E-state index contributed by atoms with van der Waals surface area (Å²) in [5, 5.41) is 4.58. The second kappa shape index (κ2) is 5.65. The number of carbonyl (C=O) groups excluding carboxylic acids is 1. The normalized spacial score (nSPS) is 20.9. The summed E-state index contributed by atoms with van der Waals surface area (Å²) in [4.78, 5) is 11.9. The van der Waals surface area contributed by atoms with E-state index in [0.29, 0.717) is 6.42 Å². The molecule has 0 aromatic heterocycles. The van der Waals surface area contributed by atoms with E-state index in [4.69, 9.17) is 5.73 Å². The molecular formula is C17H18F2N2O. The zero-order valence-corrected chi connectivity index (χ0v) is 12.1. The van der Waals surface area contributed by atoms with E-state index in [9.17, 15) is 13.6 Å². The van der Waals surface area contributed by atoms with Crippen LogP contribution in [-0.4, -0.2) is 24.9 Å². The first-order chi connectivity index (χ1) is 10.5. The monoisotopic (exact) mass is 304 g/mol. The van der Waals surface area contributed by atoms with Crippen LogP contribution in [0.5, 0.6) is 0 Å². The molecule has 2 atom stereocenters. The Bertz CT molecular complexity index is 702. The molecule has 0 aliphatic heterocycles. The lowest BCUT2D eigenvalue weighted by Crippen LogP contribution is -2.42. The summed E-state index contributed by atoms with van der Waals surface area (Å²) in [6.07, 6.45) is 0.707. The highest BCUT2D eigenvalue weighted by atomic mass is 19.3. The Balaban J connectivity index is 1.64. The van der Waals surface area contributed by atoms with Gasteiger partial charge in [-0.05, 0) is 28.7 Å². The van der Waals surface area contributed by atoms with Gasteiger partial charge >= 0.3 is 0 Å². The van der Waals surface area contributed by atoms with Crippen LogP contribution in [-0.2, 0) is 4.79 Å². The van der Waals surface area contributed by atoms with Gasteiger partial charge in [-0.1, -0.05) is 42.5 Å². The molecule has 2 aromatic carbocycles. The molecule has 0 saturated heterocycles. The van der Waals surface area contributed by atoms with E-state index in [1.807, 2.05) is 36.4 Å². The first kappa shape index (κ1) is 14.9. The molecule has 2 unspecified atom stereocenters. The molecule has 0 heterocycles. The molecule has 116 valence electrons. The van der Waals surface area contributed by atoms with Crippen molar-refractivity contribution in [3.05, 3.63) is 48.0 Å². The maximum absolute atomic E-state index is 13.1. The summed E-state index contributed by atoms with van der Waals surface area (Å²) in [5.74, 6) is -3.44. The fraction of sp³-hybridized carbons (Fsp3) is 0.353. The van der Waals surface area contributed by atoms with E-state index < -0.39 is 19.0 Å². The highest BCUT2D eigenvalue weighted by molar-refractivity contribution is 5.85. The van der Waals surface area contributed by atoms with Crippen molar-refractivity contribution in [3.63, 3.8) is 0 Å².